The highest BCUT2D eigenvalue weighted by atomic mass is 19.1. The Hall–Kier alpha value is -5.22. The maximum atomic E-state index is 15.2. The zero-order valence-corrected chi connectivity index (χ0v) is 34.0. The minimum atomic E-state index is -0.554. The fourth-order valence-electron chi connectivity index (χ4n) is 9.40. The minimum absolute atomic E-state index is 0.0257. The number of hydrogen-bond acceptors (Lipinski definition) is 11. The van der Waals surface area contributed by atoms with Gasteiger partial charge in [-0.1, -0.05) is 12.1 Å². The van der Waals surface area contributed by atoms with Crippen molar-refractivity contribution in [2.75, 3.05) is 72.9 Å². The van der Waals surface area contributed by atoms with Gasteiger partial charge < -0.3 is 30.5 Å². The number of halogens is 2. The molecule has 0 radical (unpaired) electrons. The Morgan fingerprint density at radius 1 is 0.833 bits per heavy atom. The average molecular weight is 828 g/mol. The highest BCUT2D eigenvalue weighted by molar-refractivity contribution is 6.01. The molecule has 16 heteroatoms. The summed E-state index contributed by atoms with van der Waals surface area (Å²) in [5.74, 6) is -0.192. The van der Waals surface area contributed by atoms with E-state index in [-0.39, 0.29) is 60.3 Å². The Morgan fingerprint density at radius 3 is 2.35 bits per heavy atom. The zero-order valence-electron chi connectivity index (χ0n) is 34.0. The smallest absolute Gasteiger partial charge is 0.253 e. The summed E-state index contributed by atoms with van der Waals surface area (Å²) in [6.07, 6.45) is 10.0. The van der Waals surface area contributed by atoms with Crippen LogP contribution in [0.1, 0.15) is 70.6 Å². The monoisotopic (exact) mass is 827 g/mol. The standard InChI is InChI=1S/C44H55F2N9O5/c45-35-24-33(48-37-13-15-39(56)51-43(37)59)12-14-38(35)54-18-16-53(17-19-54)26-29-6-4-28(5-7-29)22-40(57)49-31-8-10-32(11-9-31)50-44-47-25-36(46)42(52-44)30-2-1-3-34(23-30)55-20-21-60-27-41(55)58/h1-3,12,14,23-25,28-29,31-32,37,48H,4-11,13,15-22,26-27H2,(H,49,57)(H,47,50,52)(H,51,56,59). The van der Waals surface area contributed by atoms with Gasteiger partial charge in [0, 0.05) is 81.1 Å². The molecule has 14 nitrogen and oxygen atoms in total. The van der Waals surface area contributed by atoms with Crippen molar-refractivity contribution in [3.8, 4) is 11.3 Å². The van der Waals surface area contributed by atoms with Crippen molar-refractivity contribution in [1.29, 1.82) is 0 Å². The first-order valence-electron chi connectivity index (χ1n) is 21.6. The number of anilines is 4. The number of piperidine rings is 1. The van der Waals surface area contributed by atoms with E-state index in [9.17, 15) is 23.6 Å². The lowest BCUT2D eigenvalue weighted by Gasteiger charge is -2.39. The molecule has 3 aliphatic heterocycles. The van der Waals surface area contributed by atoms with Gasteiger partial charge in [0.15, 0.2) is 5.82 Å². The quantitative estimate of drug-likeness (QED) is 0.185. The molecule has 2 aromatic carbocycles. The molecule has 0 spiro atoms. The van der Waals surface area contributed by atoms with Crippen LogP contribution in [0.4, 0.5) is 31.8 Å². The van der Waals surface area contributed by atoms with Gasteiger partial charge in [0.1, 0.15) is 24.2 Å². The summed E-state index contributed by atoms with van der Waals surface area (Å²) in [6.45, 7) is 5.14. The van der Waals surface area contributed by atoms with Crippen LogP contribution in [0.25, 0.3) is 11.3 Å². The van der Waals surface area contributed by atoms with Crippen LogP contribution < -0.4 is 31.1 Å². The van der Waals surface area contributed by atoms with Crippen LogP contribution in [-0.4, -0.2) is 109 Å². The summed E-state index contributed by atoms with van der Waals surface area (Å²) in [6, 6.07) is 11.8. The third-order valence-electron chi connectivity index (χ3n) is 12.8. The van der Waals surface area contributed by atoms with Gasteiger partial charge in [-0.25, -0.2) is 18.7 Å². The van der Waals surface area contributed by atoms with Crippen molar-refractivity contribution in [2.45, 2.75) is 88.8 Å². The second-order valence-corrected chi connectivity index (χ2v) is 17.0. The highest BCUT2D eigenvalue weighted by Crippen LogP contribution is 2.33. The summed E-state index contributed by atoms with van der Waals surface area (Å²) >= 11 is 0. The molecule has 2 saturated carbocycles. The molecule has 2 aliphatic carbocycles. The van der Waals surface area contributed by atoms with Crippen LogP contribution in [0, 0.1) is 23.5 Å². The Balaban J connectivity index is 0.720. The van der Waals surface area contributed by atoms with E-state index in [2.05, 4.69) is 41.0 Å². The van der Waals surface area contributed by atoms with Gasteiger partial charge in [-0.2, -0.15) is 0 Å². The molecule has 320 valence electrons. The van der Waals surface area contributed by atoms with E-state index in [1.807, 2.05) is 6.07 Å². The number of aromatic nitrogens is 2. The molecule has 4 amide bonds. The lowest BCUT2D eigenvalue weighted by Crippen LogP contribution is -2.48. The second-order valence-electron chi connectivity index (χ2n) is 17.0. The van der Waals surface area contributed by atoms with Crippen molar-refractivity contribution >= 4 is 46.6 Å². The van der Waals surface area contributed by atoms with Gasteiger partial charge in [-0.15, -0.1) is 0 Å². The fourth-order valence-corrected chi connectivity index (χ4v) is 9.40. The fraction of sp³-hybridized carbons (Fsp3) is 0.545. The minimum Gasteiger partial charge on any atom is -0.374 e. The van der Waals surface area contributed by atoms with Crippen LogP contribution in [0.2, 0.25) is 0 Å². The first-order valence-corrected chi connectivity index (χ1v) is 21.6. The maximum absolute atomic E-state index is 15.2. The first kappa shape index (κ1) is 41.5. The summed E-state index contributed by atoms with van der Waals surface area (Å²) in [5, 5.41) is 12.0. The predicted octanol–water partition coefficient (Wildman–Crippen LogP) is 4.86. The van der Waals surface area contributed by atoms with Gasteiger partial charge in [0.25, 0.3) is 5.91 Å². The SMILES string of the molecule is O=C1CCC(Nc2ccc(N3CCN(CC4CCC(CC(=O)NC5CCC(Nc6ncc(F)c(-c7cccc(N8CCOCC8=O)c7)n6)CC5)CC4)CC3)c(F)c2)C(=O)N1. The normalized spacial score (nSPS) is 25.4. The number of benzene rings is 2. The summed E-state index contributed by atoms with van der Waals surface area (Å²) < 4.78 is 35.4. The molecular formula is C44H55F2N9O5. The molecule has 3 saturated heterocycles. The average Bonchev–Trinajstić information content (AvgIpc) is 3.25. The molecule has 4 N–H and O–H groups in total. The molecular weight excluding hydrogens is 773 g/mol. The molecule has 4 heterocycles. The number of morpholine rings is 1. The van der Waals surface area contributed by atoms with Crippen molar-refractivity contribution in [3.05, 3.63) is 60.3 Å². The van der Waals surface area contributed by atoms with Crippen LogP contribution in [0.3, 0.4) is 0 Å². The van der Waals surface area contributed by atoms with E-state index in [0.29, 0.717) is 66.4 Å². The topological polar surface area (TPSA) is 161 Å². The number of nitrogens with one attached hydrogen (secondary N) is 4. The molecule has 1 aromatic heterocycles. The Morgan fingerprint density at radius 2 is 1.60 bits per heavy atom. The van der Waals surface area contributed by atoms with E-state index in [1.165, 1.54) is 12.3 Å². The highest BCUT2D eigenvalue weighted by Gasteiger charge is 2.30. The van der Waals surface area contributed by atoms with Gasteiger partial charge in [0.2, 0.25) is 23.7 Å². The van der Waals surface area contributed by atoms with E-state index in [4.69, 9.17) is 4.74 Å². The molecule has 60 heavy (non-hydrogen) atoms. The zero-order chi connectivity index (χ0) is 41.6. The summed E-state index contributed by atoms with van der Waals surface area (Å²) in [5.41, 5.74) is 2.49. The number of imide groups is 1. The van der Waals surface area contributed by atoms with E-state index < -0.39 is 11.9 Å². The molecule has 1 atom stereocenters. The maximum Gasteiger partial charge on any atom is 0.253 e. The molecule has 3 aromatic rings. The molecule has 0 bridgehead atoms. The van der Waals surface area contributed by atoms with Crippen molar-refractivity contribution in [1.82, 2.24) is 25.5 Å². The number of carbonyl (C=O) groups excluding carboxylic acids is 4. The summed E-state index contributed by atoms with van der Waals surface area (Å²) in [7, 11) is 0. The summed E-state index contributed by atoms with van der Waals surface area (Å²) in [4.78, 5) is 63.9. The Bertz CT molecular complexity index is 2030. The number of hydrogen-bond donors (Lipinski definition) is 4. The van der Waals surface area contributed by atoms with Gasteiger partial charge >= 0.3 is 0 Å². The Labute approximate surface area is 349 Å². The number of carbonyl (C=O) groups is 4. The third-order valence-corrected chi connectivity index (χ3v) is 12.8. The van der Waals surface area contributed by atoms with Crippen molar-refractivity contribution in [3.63, 3.8) is 0 Å². The number of rotatable bonds is 12. The first-order chi connectivity index (χ1) is 29.1. The van der Waals surface area contributed by atoms with Crippen LogP contribution in [0.5, 0.6) is 0 Å². The van der Waals surface area contributed by atoms with Crippen LogP contribution >= 0.6 is 0 Å². The lowest BCUT2D eigenvalue weighted by molar-refractivity contribution is -0.133. The van der Waals surface area contributed by atoms with Crippen LogP contribution in [0.15, 0.2) is 48.7 Å². The van der Waals surface area contributed by atoms with Crippen molar-refractivity contribution < 1.29 is 32.7 Å². The molecule has 1 unspecified atom stereocenters. The van der Waals surface area contributed by atoms with E-state index in [1.54, 1.807) is 35.2 Å². The number of nitrogens with zero attached hydrogens (tertiary/aromatic N) is 5. The van der Waals surface area contributed by atoms with Gasteiger partial charge in [0.05, 0.1) is 18.5 Å². The van der Waals surface area contributed by atoms with Gasteiger partial charge in [-0.3, -0.25) is 29.4 Å². The Kier molecular flexibility index (Phi) is 13.2. The predicted molar refractivity (Wildman–Crippen MR) is 223 cm³/mol. The molecule has 5 aliphatic rings. The van der Waals surface area contributed by atoms with E-state index >= 15 is 4.39 Å². The number of piperazine rings is 1. The molecule has 5 fully saturated rings. The van der Waals surface area contributed by atoms with E-state index in [0.717, 1.165) is 84.1 Å². The van der Waals surface area contributed by atoms with Gasteiger partial charge in [-0.05, 0) is 100.0 Å². The lowest BCUT2D eigenvalue weighted by atomic mass is 9.80. The number of ether oxygens (including phenoxy) is 1. The largest absolute Gasteiger partial charge is 0.374 e. The molecule has 8 rings (SSSR count). The second kappa shape index (κ2) is 19.0. The third kappa shape index (κ3) is 10.4. The van der Waals surface area contributed by atoms with Crippen molar-refractivity contribution in [2.24, 2.45) is 11.8 Å². The number of amides is 4. The van der Waals surface area contributed by atoms with Crippen LogP contribution in [-0.2, 0) is 23.9 Å².